The first-order valence-corrected chi connectivity index (χ1v) is 19.6. The van der Waals surface area contributed by atoms with Gasteiger partial charge in [0, 0.05) is 40.5 Å². The van der Waals surface area contributed by atoms with Gasteiger partial charge in [0.15, 0.2) is 0 Å². The van der Waals surface area contributed by atoms with Crippen molar-refractivity contribution in [2.45, 2.75) is 75.1 Å². The lowest BCUT2D eigenvalue weighted by Crippen LogP contribution is -2.51. The normalized spacial score (nSPS) is 28.8. The molecule has 9 rings (SSSR count). The number of rotatable bonds is 9. The molecule has 52 heavy (non-hydrogen) atoms. The van der Waals surface area contributed by atoms with Gasteiger partial charge in [0.1, 0.15) is 18.0 Å². The van der Waals surface area contributed by atoms with Crippen molar-refractivity contribution in [3.8, 4) is 5.75 Å². The van der Waals surface area contributed by atoms with Crippen LogP contribution in [0.2, 0.25) is 0 Å². The maximum atomic E-state index is 7.02. The topological polar surface area (TPSA) is 33.3 Å². The summed E-state index contributed by atoms with van der Waals surface area (Å²) in [6.07, 6.45) is 34.2. The molecular formula is C49H50N2O. The van der Waals surface area contributed by atoms with Crippen LogP contribution in [0.1, 0.15) is 85.3 Å². The summed E-state index contributed by atoms with van der Waals surface area (Å²) >= 11 is 0. The van der Waals surface area contributed by atoms with E-state index < -0.39 is 0 Å². The molecule has 1 spiro atoms. The monoisotopic (exact) mass is 682 g/mol. The second kappa shape index (κ2) is 13.9. The van der Waals surface area contributed by atoms with E-state index >= 15 is 0 Å². The molecule has 0 aromatic heterocycles. The van der Waals surface area contributed by atoms with Crippen molar-refractivity contribution >= 4 is 5.57 Å². The Balaban J connectivity index is 1.12. The van der Waals surface area contributed by atoms with Crippen LogP contribution in [-0.4, -0.2) is 12.1 Å². The third kappa shape index (κ3) is 5.53. The van der Waals surface area contributed by atoms with Gasteiger partial charge in [-0.05, 0) is 90.5 Å². The molecule has 0 radical (unpaired) electrons. The number of allylic oxidation sites excluding steroid dienone is 11. The minimum atomic E-state index is -0.232. The molecule has 262 valence electrons. The molecule has 0 saturated carbocycles. The Morgan fingerprint density at radius 1 is 0.865 bits per heavy atom. The summed E-state index contributed by atoms with van der Waals surface area (Å²) < 4.78 is 7.02. The molecule has 3 aromatic carbocycles. The van der Waals surface area contributed by atoms with E-state index in [9.17, 15) is 0 Å². The Morgan fingerprint density at radius 2 is 1.69 bits per heavy atom. The van der Waals surface area contributed by atoms with Gasteiger partial charge >= 0.3 is 0 Å². The first kappa shape index (κ1) is 33.0. The molecule has 0 fully saturated rings. The number of hydrogen-bond donors (Lipinski definition) is 2. The second-order valence-electron chi connectivity index (χ2n) is 15.4. The van der Waals surface area contributed by atoms with Crippen LogP contribution in [-0.2, 0) is 5.41 Å². The predicted molar refractivity (Wildman–Crippen MR) is 215 cm³/mol. The van der Waals surface area contributed by atoms with E-state index in [0.29, 0.717) is 17.8 Å². The van der Waals surface area contributed by atoms with Gasteiger partial charge in [0.05, 0.1) is 0 Å². The lowest BCUT2D eigenvalue weighted by Gasteiger charge is -2.50. The van der Waals surface area contributed by atoms with Gasteiger partial charge in [-0.2, -0.15) is 0 Å². The van der Waals surface area contributed by atoms with Gasteiger partial charge < -0.3 is 10.1 Å². The standard InChI is InChI=1S/C49H50N2O/c1-3-33(2)47(35-20-8-5-9-21-35)51-48(40-25-11-10-22-37(40)34-18-6-4-7-19-34)50-36-30-31-44-46(32-36)52-45-29-17-16-28-43(45)49(44)41-26-14-12-23-38(41)39-24-13-15-27-42(39)49/h4-6,8,10-18,22-32,35,38,41,44,46-48,50-51H,2-3,7,9,19-21H2,1H3. The van der Waals surface area contributed by atoms with Crippen LogP contribution in [0.15, 0.2) is 164 Å². The zero-order valence-corrected chi connectivity index (χ0v) is 30.3. The Labute approximate surface area is 310 Å². The molecule has 5 aliphatic carbocycles. The quantitative estimate of drug-likeness (QED) is 0.174. The molecule has 1 aliphatic heterocycles. The molecule has 3 aromatic rings. The van der Waals surface area contributed by atoms with Gasteiger partial charge in [-0.1, -0.05) is 147 Å². The average molecular weight is 683 g/mol. The summed E-state index contributed by atoms with van der Waals surface area (Å²) in [7, 11) is 0. The maximum Gasteiger partial charge on any atom is 0.127 e. The largest absolute Gasteiger partial charge is 0.485 e. The molecule has 3 heteroatoms. The molecule has 6 aliphatic rings. The lowest BCUT2D eigenvalue weighted by atomic mass is 9.56. The first-order valence-electron chi connectivity index (χ1n) is 19.6. The summed E-state index contributed by atoms with van der Waals surface area (Å²) in [4.78, 5) is 0. The van der Waals surface area contributed by atoms with E-state index in [-0.39, 0.29) is 29.6 Å². The summed E-state index contributed by atoms with van der Waals surface area (Å²) in [5, 5.41) is 8.25. The van der Waals surface area contributed by atoms with Crippen LogP contribution in [0, 0.1) is 17.8 Å². The smallest absolute Gasteiger partial charge is 0.127 e. The third-order valence-corrected chi connectivity index (χ3v) is 12.7. The number of benzene rings is 3. The van der Waals surface area contributed by atoms with E-state index in [1.54, 1.807) is 0 Å². The van der Waals surface area contributed by atoms with Crippen LogP contribution in [0.4, 0.5) is 0 Å². The van der Waals surface area contributed by atoms with Gasteiger partial charge in [-0.15, -0.1) is 0 Å². The highest BCUT2D eigenvalue weighted by atomic mass is 16.5. The van der Waals surface area contributed by atoms with Gasteiger partial charge in [-0.3, -0.25) is 5.32 Å². The fraction of sp³-hybridized carbons (Fsp3) is 0.306. The number of hydrogen-bond acceptors (Lipinski definition) is 3. The number of nitrogens with one attached hydrogen (secondary N) is 2. The zero-order chi connectivity index (χ0) is 35.1. The molecule has 0 bridgehead atoms. The highest BCUT2D eigenvalue weighted by Crippen LogP contribution is 2.64. The molecule has 8 atom stereocenters. The van der Waals surface area contributed by atoms with Crippen molar-refractivity contribution in [3.05, 3.63) is 191 Å². The fourth-order valence-electron chi connectivity index (χ4n) is 10.3. The van der Waals surface area contributed by atoms with Crippen LogP contribution in [0.25, 0.3) is 5.57 Å². The minimum Gasteiger partial charge on any atom is -0.485 e. The highest BCUT2D eigenvalue weighted by Gasteiger charge is 2.60. The van der Waals surface area contributed by atoms with Crippen LogP contribution >= 0.6 is 0 Å². The minimum absolute atomic E-state index is 0.123. The Bertz CT molecular complexity index is 2070. The van der Waals surface area contributed by atoms with Crippen LogP contribution in [0.3, 0.4) is 0 Å². The van der Waals surface area contributed by atoms with Gasteiger partial charge in [0.25, 0.3) is 0 Å². The Hall–Kier alpha value is -4.86. The van der Waals surface area contributed by atoms with Gasteiger partial charge in [-0.25, -0.2) is 0 Å². The summed E-state index contributed by atoms with van der Waals surface area (Å²) in [6.45, 7) is 6.87. The third-order valence-electron chi connectivity index (χ3n) is 12.7. The molecular weight excluding hydrogens is 633 g/mol. The average Bonchev–Trinajstić information content (AvgIpc) is 3.50. The number of para-hydroxylation sites is 1. The van der Waals surface area contributed by atoms with Crippen LogP contribution in [0.5, 0.6) is 5.75 Å². The second-order valence-corrected chi connectivity index (χ2v) is 15.4. The molecule has 3 nitrogen and oxygen atoms in total. The van der Waals surface area contributed by atoms with E-state index in [1.807, 2.05) is 0 Å². The molecule has 2 N–H and O–H groups in total. The van der Waals surface area contributed by atoms with Crippen molar-refractivity contribution in [1.82, 2.24) is 10.6 Å². The maximum absolute atomic E-state index is 7.02. The van der Waals surface area contributed by atoms with Crippen molar-refractivity contribution in [3.63, 3.8) is 0 Å². The van der Waals surface area contributed by atoms with E-state index in [1.165, 1.54) is 45.4 Å². The molecule has 0 amide bonds. The van der Waals surface area contributed by atoms with Crippen molar-refractivity contribution in [2.75, 3.05) is 0 Å². The first-order chi connectivity index (χ1) is 25.7. The van der Waals surface area contributed by atoms with E-state index in [2.05, 4.69) is 170 Å². The molecule has 8 unspecified atom stereocenters. The van der Waals surface area contributed by atoms with Crippen LogP contribution < -0.4 is 15.4 Å². The highest BCUT2D eigenvalue weighted by molar-refractivity contribution is 5.71. The van der Waals surface area contributed by atoms with E-state index in [0.717, 1.165) is 43.6 Å². The SMILES string of the molecule is C=C(CC)C(NC(NC1=CC2Oc3ccccc3C3(c4ccccc4C4C=CC=CC43)C2C=C1)c1ccccc1C1=CC=CCC1)C1CC=CCC1. The van der Waals surface area contributed by atoms with Crippen molar-refractivity contribution in [2.24, 2.45) is 17.8 Å². The van der Waals surface area contributed by atoms with E-state index in [4.69, 9.17) is 4.74 Å². The zero-order valence-electron chi connectivity index (χ0n) is 30.3. The predicted octanol–water partition coefficient (Wildman–Crippen LogP) is 10.9. The summed E-state index contributed by atoms with van der Waals surface area (Å²) in [5.41, 5.74) is 10.3. The Kier molecular flexibility index (Phi) is 8.85. The molecule has 0 saturated heterocycles. The number of fused-ring (bicyclic) bond motifs is 9. The fourth-order valence-corrected chi connectivity index (χ4v) is 10.3. The van der Waals surface area contributed by atoms with Crippen molar-refractivity contribution in [1.29, 1.82) is 0 Å². The lowest BCUT2D eigenvalue weighted by molar-refractivity contribution is 0.105. The Morgan fingerprint density at radius 3 is 2.54 bits per heavy atom. The van der Waals surface area contributed by atoms with Crippen molar-refractivity contribution < 1.29 is 4.74 Å². The number of ether oxygens (including phenoxy) is 1. The molecule has 1 heterocycles. The van der Waals surface area contributed by atoms with Gasteiger partial charge in [0.2, 0.25) is 0 Å². The summed E-state index contributed by atoms with van der Waals surface area (Å²) in [5.74, 6) is 2.30. The summed E-state index contributed by atoms with van der Waals surface area (Å²) in [6, 6.07) is 27.1.